The number of rotatable bonds is 4. The molecule has 25 heavy (non-hydrogen) atoms. The van der Waals surface area contributed by atoms with Crippen molar-refractivity contribution < 1.29 is 14.0 Å². The van der Waals surface area contributed by atoms with Crippen LogP contribution in [0.5, 0.6) is 0 Å². The number of amidine groups is 1. The molecule has 1 aliphatic heterocycles. The van der Waals surface area contributed by atoms with Crippen molar-refractivity contribution in [2.75, 3.05) is 4.90 Å². The molecule has 3 rings (SSSR count). The standard InChI is InChI=1S/C19H20FN3O2/c1-12-11-15-5-3-4-6-17(15)23(12)19(24)13(2)25-22-18(21)14-7-9-16(20)10-8-14/h3-10,12-13H,11H2,1-2H3,(H2,21,22). The summed E-state index contributed by atoms with van der Waals surface area (Å²) in [7, 11) is 0. The van der Waals surface area contributed by atoms with E-state index in [1.54, 1.807) is 11.8 Å². The fraction of sp³-hybridized carbons (Fsp3) is 0.263. The Kier molecular flexibility index (Phi) is 4.70. The minimum Gasteiger partial charge on any atom is -0.381 e. The normalized spacial score (nSPS) is 18.0. The molecule has 0 bridgehead atoms. The van der Waals surface area contributed by atoms with Crippen molar-refractivity contribution in [1.82, 2.24) is 0 Å². The Morgan fingerprint density at radius 2 is 1.96 bits per heavy atom. The highest BCUT2D eigenvalue weighted by Gasteiger charge is 2.34. The number of fused-ring (bicyclic) bond motifs is 1. The van der Waals surface area contributed by atoms with E-state index in [-0.39, 0.29) is 23.6 Å². The first kappa shape index (κ1) is 17.0. The second-order valence-corrected chi connectivity index (χ2v) is 6.12. The highest BCUT2D eigenvalue weighted by molar-refractivity contribution is 5.99. The van der Waals surface area contributed by atoms with Gasteiger partial charge in [-0.25, -0.2) is 4.39 Å². The monoisotopic (exact) mass is 341 g/mol. The lowest BCUT2D eigenvalue weighted by Crippen LogP contribution is -2.42. The molecule has 130 valence electrons. The summed E-state index contributed by atoms with van der Waals surface area (Å²) in [6.45, 7) is 3.64. The van der Waals surface area contributed by atoms with Crippen molar-refractivity contribution in [3.8, 4) is 0 Å². The van der Waals surface area contributed by atoms with Gasteiger partial charge in [-0.1, -0.05) is 23.4 Å². The fourth-order valence-corrected chi connectivity index (χ4v) is 2.95. The maximum Gasteiger partial charge on any atom is 0.270 e. The third kappa shape index (κ3) is 3.47. The second-order valence-electron chi connectivity index (χ2n) is 6.12. The third-order valence-electron chi connectivity index (χ3n) is 4.24. The van der Waals surface area contributed by atoms with Crippen LogP contribution >= 0.6 is 0 Å². The van der Waals surface area contributed by atoms with E-state index in [4.69, 9.17) is 10.6 Å². The molecule has 0 fully saturated rings. The van der Waals surface area contributed by atoms with Crippen molar-refractivity contribution in [3.05, 3.63) is 65.5 Å². The van der Waals surface area contributed by atoms with Gasteiger partial charge in [0.1, 0.15) is 5.82 Å². The molecule has 2 aromatic carbocycles. The van der Waals surface area contributed by atoms with Gasteiger partial charge in [0.2, 0.25) is 6.10 Å². The third-order valence-corrected chi connectivity index (χ3v) is 4.24. The van der Waals surface area contributed by atoms with Gasteiger partial charge in [-0.15, -0.1) is 0 Å². The van der Waals surface area contributed by atoms with Crippen molar-refractivity contribution in [3.63, 3.8) is 0 Å². The number of amides is 1. The molecule has 0 saturated carbocycles. The van der Waals surface area contributed by atoms with E-state index in [2.05, 4.69) is 5.16 Å². The van der Waals surface area contributed by atoms with Gasteiger partial charge in [-0.05, 0) is 56.2 Å². The van der Waals surface area contributed by atoms with Crippen LogP contribution in [0.2, 0.25) is 0 Å². The molecule has 1 amide bonds. The van der Waals surface area contributed by atoms with Gasteiger partial charge in [0, 0.05) is 17.3 Å². The predicted molar refractivity (Wildman–Crippen MR) is 94.8 cm³/mol. The van der Waals surface area contributed by atoms with Crippen LogP contribution in [0.25, 0.3) is 0 Å². The van der Waals surface area contributed by atoms with E-state index in [0.29, 0.717) is 5.56 Å². The molecule has 1 aliphatic rings. The number of hydrogen-bond acceptors (Lipinski definition) is 3. The number of carbonyl (C=O) groups excluding carboxylic acids is 1. The number of halogens is 1. The molecule has 0 aromatic heterocycles. The van der Waals surface area contributed by atoms with Gasteiger partial charge < -0.3 is 15.5 Å². The van der Waals surface area contributed by atoms with Crippen molar-refractivity contribution >= 4 is 17.4 Å². The smallest absolute Gasteiger partial charge is 0.270 e. The summed E-state index contributed by atoms with van der Waals surface area (Å²) in [5.74, 6) is -0.440. The van der Waals surface area contributed by atoms with Crippen LogP contribution < -0.4 is 10.6 Å². The largest absolute Gasteiger partial charge is 0.381 e. The Hall–Kier alpha value is -2.89. The molecule has 0 aliphatic carbocycles. The molecule has 1 heterocycles. The molecule has 0 spiro atoms. The number of oxime groups is 1. The van der Waals surface area contributed by atoms with Gasteiger partial charge in [0.15, 0.2) is 5.84 Å². The molecule has 5 nitrogen and oxygen atoms in total. The van der Waals surface area contributed by atoms with Crippen LogP contribution in [0, 0.1) is 5.82 Å². The SMILES string of the molecule is CC(O/N=C(\N)c1ccc(F)cc1)C(=O)N1c2ccccc2CC1C. The maximum absolute atomic E-state index is 12.9. The Balaban J connectivity index is 1.71. The van der Waals surface area contributed by atoms with Crippen LogP contribution in [0.3, 0.4) is 0 Å². The van der Waals surface area contributed by atoms with Crippen LogP contribution in [0.1, 0.15) is 25.0 Å². The summed E-state index contributed by atoms with van der Waals surface area (Å²) in [6, 6.07) is 13.5. The second kappa shape index (κ2) is 6.93. The lowest BCUT2D eigenvalue weighted by molar-refractivity contribution is -0.129. The number of benzene rings is 2. The van der Waals surface area contributed by atoms with Gasteiger partial charge in [-0.2, -0.15) is 0 Å². The topological polar surface area (TPSA) is 67.9 Å². The number of hydrogen-bond donors (Lipinski definition) is 1. The van der Waals surface area contributed by atoms with E-state index >= 15 is 0 Å². The summed E-state index contributed by atoms with van der Waals surface area (Å²) < 4.78 is 12.9. The Morgan fingerprint density at radius 3 is 2.68 bits per heavy atom. The highest BCUT2D eigenvalue weighted by atomic mass is 19.1. The molecular weight excluding hydrogens is 321 g/mol. The Bertz CT molecular complexity index is 805. The van der Waals surface area contributed by atoms with Crippen LogP contribution in [0.15, 0.2) is 53.7 Å². The van der Waals surface area contributed by atoms with Gasteiger partial charge in [-0.3, -0.25) is 4.79 Å². The van der Waals surface area contributed by atoms with E-state index < -0.39 is 6.10 Å². The number of nitrogens with zero attached hydrogens (tertiary/aromatic N) is 2. The summed E-state index contributed by atoms with van der Waals surface area (Å²) in [5, 5.41) is 3.82. The molecule has 2 N–H and O–H groups in total. The minimum absolute atomic E-state index is 0.0642. The molecule has 0 radical (unpaired) electrons. The summed E-state index contributed by atoms with van der Waals surface area (Å²) in [4.78, 5) is 19.8. The van der Waals surface area contributed by atoms with E-state index in [9.17, 15) is 9.18 Å². The molecule has 2 unspecified atom stereocenters. The van der Waals surface area contributed by atoms with E-state index in [1.807, 2.05) is 31.2 Å². The van der Waals surface area contributed by atoms with Crippen molar-refractivity contribution in [1.29, 1.82) is 0 Å². The zero-order valence-corrected chi connectivity index (χ0v) is 14.1. The number of anilines is 1. The molecule has 0 saturated heterocycles. The lowest BCUT2D eigenvalue weighted by Gasteiger charge is -2.25. The maximum atomic E-state index is 12.9. The molecule has 2 atom stereocenters. The molecular formula is C19H20FN3O2. The van der Waals surface area contributed by atoms with Crippen molar-refractivity contribution in [2.24, 2.45) is 10.9 Å². The first-order valence-electron chi connectivity index (χ1n) is 8.13. The van der Waals surface area contributed by atoms with Crippen LogP contribution in [-0.2, 0) is 16.1 Å². The van der Waals surface area contributed by atoms with Gasteiger partial charge in [0.25, 0.3) is 5.91 Å². The highest BCUT2D eigenvalue weighted by Crippen LogP contribution is 2.32. The van der Waals surface area contributed by atoms with E-state index in [1.165, 1.54) is 24.3 Å². The van der Waals surface area contributed by atoms with Crippen LogP contribution in [-0.4, -0.2) is 23.9 Å². The number of para-hydroxylation sites is 1. The number of nitrogens with two attached hydrogens (primary N) is 1. The van der Waals surface area contributed by atoms with Crippen LogP contribution in [0.4, 0.5) is 10.1 Å². The first-order chi connectivity index (χ1) is 12.0. The average molecular weight is 341 g/mol. The van der Waals surface area contributed by atoms with E-state index in [0.717, 1.165) is 17.7 Å². The Morgan fingerprint density at radius 1 is 1.28 bits per heavy atom. The summed E-state index contributed by atoms with van der Waals surface area (Å²) in [5.41, 5.74) is 8.41. The zero-order valence-electron chi connectivity index (χ0n) is 14.1. The first-order valence-corrected chi connectivity index (χ1v) is 8.13. The van der Waals surface area contributed by atoms with Gasteiger partial charge >= 0.3 is 0 Å². The summed E-state index contributed by atoms with van der Waals surface area (Å²) >= 11 is 0. The summed E-state index contributed by atoms with van der Waals surface area (Å²) in [6.07, 6.45) is 0.0305. The van der Waals surface area contributed by atoms with Gasteiger partial charge in [0.05, 0.1) is 0 Å². The average Bonchev–Trinajstić information content (AvgIpc) is 2.95. The Labute approximate surface area is 145 Å². The quantitative estimate of drug-likeness (QED) is 0.528. The minimum atomic E-state index is -0.785. The predicted octanol–water partition coefficient (Wildman–Crippen LogP) is 2.83. The van der Waals surface area contributed by atoms with Crippen molar-refractivity contribution in [2.45, 2.75) is 32.4 Å². The zero-order chi connectivity index (χ0) is 18.0. The number of carbonyl (C=O) groups is 1. The fourth-order valence-electron chi connectivity index (χ4n) is 2.95. The molecule has 2 aromatic rings. The molecule has 6 heteroatoms. The lowest BCUT2D eigenvalue weighted by atomic mass is 10.1.